The fourth-order valence-corrected chi connectivity index (χ4v) is 1.71. The second kappa shape index (κ2) is 7.37. The van der Waals surface area contributed by atoms with Crippen LogP contribution in [0.1, 0.15) is 11.3 Å². The molecule has 0 unspecified atom stereocenters. The highest BCUT2D eigenvalue weighted by Crippen LogP contribution is 2.16. The Morgan fingerprint density at radius 2 is 2.09 bits per heavy atom. The van der Waals surface area contributed by atoms with E-state index in [9.17, 15) is 14.0 Å². The van der Waals surface area contributed by atoms with Gasteiger partial charge in [0.15, 0.2) is 0 Å². The average molecular weight is 324 g/mol. The summed E-state index contributed by atoms with van der Waals surface area (Å²) >= 11 is 5.78. The van der Waals surface area contributed by atoms with E-state index in [1.54, 1.807) is 12.1 Å². The predicted octanol–water partition coefficient (Wildman–Crippen LogP) is 1.84. The third kappa shape index (κ3) is 4.16. The van der Waals surface area contributed by atoms with Gasteiger partial charge in [-0.15, -0.1) is 0 Å². The summed E-state index contributed by atoms with van der Waals surface area (Å²) in [4.78, 5) is 22.9. The quantitative estimate of drug-likeness (QED) is 0.511. The van der Waals surface area contributed by atoms with E-state index in [4.69, 9.17) is 16.0 Å². The zero-order chi connectivity index (χ0) is 15.9. The van der Waals surface area contributed by atoms with Crippen molar-refractivity contribution in [2.75, 3.05) is 0 Å². The first kappa shape index (κ1) is 15.7. The summed E-state index contributed by atoms with van der Waals surface area (Å²) in [5, 5.41) is 5.97. The molecule has 8 heteroatoms. The largest absolute Gasteiger partial charge is 0.467 e. The van der Waals surface area contributed by atoms with E-state index >= 15 is 0 Å². The van der Waals surface area contributed by atoms with Crippen molar-refractivity contribution in [2.24, 2.45) is 5.10 Å². The molecule has 0 aliphatic heterocycles. The van der Waals surface area contributed by atoms with Crippen molar-refractivity contribution in [1.29, 1.82) is 0 Å². The standard InChI is InChI=1S/C14H11ClFN3O3/c15-11-4-1-5-12(16)10(11)8-18-19-14(21)13(20)17-7-9-3-2-6-22-9/h1-6,8H,7H2,(H,17,20)(H,19,21). The zero-order valence-electron chi connectivity index (χ0n) is 11.2. The van der Waals surface area contributed by atoms with Crippen LogP contribution in [0.4, 0.5) is 4.39 Å². The summed E-state index contributed by atoms with van der Waals surface area (Å²) in [6.07, 6.45) is 2.47. The highest BCUT2D eigenvalue weighted by Gasteiger charge is 2.12. The molecule has 1 aromatic heterocycles. The lowest BCUT2D eigenvalue weighted by atomic mass is 10.2. The molecule has 0 bridgehead atoms. The molecule has 1 aromatic carbocycles. The summed E-state index contributed by atoms with van der Waals surface area (Å²) in [6.45, 7) is 0.0715. The lowest BCUT2D eigenvalue weighted by Gasteiger charge is -2.02. The zero-order valence-corrected chi connectivity index (χ0v) is 11.9. The topological polar surface area (TPSA) is 83.7 Å². The Morgan fingerprint density at radius 1 is 1.27 bits per heavy atom. The Morgan fingerprint density at radius 3 is 2.77 bits per heavy atom. The normalized spacial score (nSPS) is 10.6. The number of nitrogens with zero attached hydrogens (tertiary/aromatic N) is 1. The number of benzene rings is 1. The molecule has 0 saturated heterocycles. The van der Waals surface area contributed by atoms with Gasteiger partial charge in [-0.3, -0.25) is 9.59 Å². The maximum atomic E-state index is 13.4. The number of rotatable bonds is 4. The summed E-state index contributed by atoms with van der Waals surface area (Å²) < 4.78 is 18.4. The molecule has 0 spiro atoms. The van der Waals surface area contributed by atoms with Crippen LogP contribution in [0.3, 0.4) is 0 Å². The van der Waals surface area contributed by atoms with Crippen molar-refractivity contribution in [3.05, 3.63) is 58.8 Å². The molecular formula is C14H11ClFN3O3. The molecule has 0 aliphatic rings. The first-order valence-corrected chi connectivity index (χ1v) is 6.53. The van der Waals surface area contributed by atoms with Crippen molar-refractivity contribution in [1.82, 2.24) is 10.7 Å². The first-order valence-electron chi connectivity index (χ1n) is 6.15. The van der Waals surface area contributed by atoms with Gasteiger partial charge in [-0.2, -0.15) is 5.10 Å². The number of carbonyl (C=O) groups excluding carboxylic acids is 2. The van der Waals surface area contributed by atoms with Gasteiger partial charge in [0.2, 0.25) is 0 Å². The molecule has 2 rings (SSSR count). The molecule has 2 N–H and O–H groups in total. The Bertz CT molecular complexity index is 681. The third-order valence-corrected chi connectivity index (χ3v) is 2.90. The van der Waals surface area contributed by atoms with E-state index in [1.165, 1.54) is 24.5 Å². The minimum atomic E-state index is -0.990. The fraction of sp³-hybridized carbons (Fsp3) is 0.0714. The molecule has 2 aromatic rings. The highest BCUT2D eigenvalue weighted by molar-refractivity contribution is 6.35. The monoisotopic (exact) mass is 323 g/mol. The molecule has 0 atom stereocenters. The minimum absolute atomic E-state index is 0.0143. The third-order valence-electron chi connectivity index (χ3n) is 2.57. The number of hydrogen-bond donors (Lipinski definition) is 2. The second-order valence-electron chi connectivity index (χ2n) is 4.10. The van der Waals surface area contributed by atoms with Gasteiger partial charge in [0.1, 0.15) is 11.6 Å². The van der Waals surface area contributed by atoms with E-state index in [0.29, 0.717) is 5.76 Å². The summed E-state index contributed by atoms with van der Waals surface area (Å²) in [6, 6.07) is 7.42. The van der Waals surface area contributed by atoms with Crippen molar-refractivity contribution in [3.63, 3.8) is 0 Å². The van der Waals surface area contributed by atoms with Crippen molar-refractivity contribution in [2.45, 2.75) is 6.54 Å². The van der Waals surface area contributed by atoms with Gasteiger partial charge >= 0.3 is 11.8 Å². The van der Waals surface area contributed by atoms with Gasteiger partial charge in [0.05, 0.1) is 24.0 Å². The van der Waals surface area contributed by atoms with E-state index in [2.05, 4.69) is 10.4 Å². The van der Waals surface area contributed by atoms with E-state index in [-0.39, 0.29) is 17.1 Å². The van der Waals surface area contributed by atoms with Gasteiger partial charge in [-0.25, -0.2) is 9.82 Å². The van der Waals surface area contributed by atoms with E-state index in [1.807, 2.05) is 5.43 Å². The summed E-state index contributed by atoms with van der Waals surface area (Å²) in [5.74, 6) is -1.97. The van der Waals surface area contributed by atoms with Crippen LogP contribution in [-0.2, 0) is 16.1 Å². The molecule has 22 heavy (non-hydrogen) atoms. The molecule has 0 saturated carbocycles. The predicted molar refractivity (Wildman–Crippen MR) is 77.7 cm³/mol. The number of nitrogens with one attached hydrogen (secondary N) is 2. The molecule has 114 valence electrons. The minimum Gasteiger partial charge on any atom is -0.467 e. The van der Waals surface area contributed by atoms with Crippen LogP contribution in [0.2, 0.25) is 5.02 Å². The van der Waals surface area contributed by atoms with Crippen LogP contribution in [0.15, 0.2) is 46.1 Å². The number of furan rings is 1. The summed E-state index contributed by atoms with van der Waals surface area (Å²) in [7, 11) is 0. The van der Waals surface area contributed by atoms with Gasteiger partial charge in [-0.1, -0.05) is 17.7 Å². The SMILES string of the molecule is O=C(NCc1ccco1)C(=O)NN=Cc1c(F)cccc1Cl. The average Bonchev–Trinajstić information content (AvgIpc) is 3.01. The maximum absolute atomic E-state index is 13.4. The molecular weight excluding hydrogens is 313 g/mol. The Kier molecular flexibility index (Phi) is 5.26. The van der Waals surface area contributed by atoms with Crippen molar-refractivity contribution < 1.29 is 18.4 Å². The van der Waals surface area contributed by atoms with Crippen LogP contribution < -0.4 is 10.7 Å². The van der Waals surface area contributed by atoms with Gasteiger partial charge in [0.25, 0.3) is 0 Å². The molecule has 0 aliphatic carbocycles. The highest BCUT2D eigenvalue weighted by atomic mass is 35.5. The second-order valence-corrected chi connectivity index (χ2v) is 4.50. The van der Waals surface area contributed by atoms with Crippen LogP contribution >= 0.6 is 11.6 Å². The molecule has 6 nitrogen and oxygen atoms in total. The Labute approximate surface area is 129 Å². The van der Waals surface area contributed by atoms with Crippen LogP contribution in [0.25, 0.3) is 0 Å². The first-order chi connectivity index (χ1) is 10.6. The van der Waals surface area contributed by atoms with Crippen molar-refractivity contribution >= 4 is 29.6 Å². The van der Waals surface area contributed by atoms with Gasteiger partial charge in [0, 0.05) is 5.56 Å². The fourth-order valence-electron chi connectivity index (χ4n) is 1.50. The molecule has 0 radical (unpaired) electrons. The number of amides is 2. The van der Waals surface area contributed by atoms with E-state index in [0.717, 1.165) is 6.21 Å². The number of halogens is 2. The van der Waals surface area contributed by atoms with E-state index < -0.39 is 17.6 Å². The number of carbonyl (C=O) groups is 2. The maximum Gasteiger partial charge on any atom is 0.329 e. The Hall–Kier alpha value is -2.67. The number of hydrogen-bond acceptors (Lipinski definition) is 4. The smallest absolute Gasteiger partial charge is 0.329 e. The van der Waals surface area contributed by atoms with Crippen LogP contribution in [0, 0.1) is 5.82 Å². The van der Waals surface area contributed by atoms with Gasteiger partial charge in [-0.05, 0) is 24.3 Å². The molecule has 1 heterocycles. The lowest BCUT2D eigenvalue weighted by molar-refractivity contribution is -0.139. The van der Waals surface area contributed by atoms with Gasteiger partial charge < -0.3 is 9.73 Å². The molecule has 2 amide bonds. The summed E-state index contributed by atoms with van der Waals surface area (Å²) in [5.41, 5.74) is 1.99. The Balaban J connectivity index is 1.86. The number of hydrazone groups is 1. The van der Waals surface area contributed by atoms with Crippen molar-refractivity contribution in [3.8, 4) is 0 Å². The molecule has 0 fully saturated rings. The van der Waals surface area contributed by atoms with Crippen LogP contribution in [-0.4, -0.2) is 18.0 Å². The van der Waals surface area contributed by atoms with Crippen LogP contribution in [0.5, 0.6) is 0 Å². The lowest BCUT2D eigenvalue weighted by Crippen LogP contribution is -2.37.